The smallest absolute Gasteiger partial charge is 0.407 e. The number of ether oxygens (including phenoxy) is 1. The zero-order valence-corrected chi connectivity index (χ0v) is 25.1. The Kier molecular flexibility index (Phi) is 10.5. The number of rotatable bonds is 12. The molecule has 2 N–H and O–H groups in total. The molecule has 0 fully saturated rings. The van der Waals surface area contributed by atoms with Gasteiger partial charge in [0.1, 0.15) is 18.7 Å². The van der Waals surface area contributed by atoms with Crippen LogP contribution in [0.25, 0.3) is 11.1 Å². The Balaban J connectivity index is 1.74. The lowest BCUT2D eigenvalue weighted by Gasteiger charge is -2.37. The number of carboxylic acids is 1. The van der Waals surface area contributed by atoms with Gasteiger partial charge in [-0.05, 0) is 41.0 Å². The first-order valence-electron chi connectivity index (χ1n) is 14.3. The molecule has 2 aromatic rings. The number of carboxylic acid groups (broad SMARTS) is 1. The number of nitrogens with zero attached hydrogens (tertiary/aromatic N) is 2. The molecule has 0 unspecified atom stereocenters. The number of hydrogen-bond donors (Lipinski definition) is 2. The van der Waals surface area contributed by atoms with Gasteiger partial charge in [-0.3, -0.25) is 14.4 Å². The van der Waals surface area contributed by atoms with E-state index in [2.05, 4.69) is 17.4 Å². The van der Waals surface area contributed by atoms with Gasteiger partial charge >= 0.3 is 12.1 Å². The second kappa shape index (κ2) is 13.7. The standard InChI is InChI=1S/C32H43N3O6/c1-8-20(4)28(30(38)35(7)29(19(2)3)31(39)34(6)21(5)17-27(36)37)33-32(40)41-18-26-24-15-11-9-13-22(24)23-14-10-12-16-25(23)26/h9-16,19-21,26,28-29H,8,17-18H2,1-7H3,(H,33,40)(H,36,37)/t20-,21+,28-,29+/m0/s1. The Bertz CT molecular complexity index is 1220. The Morgan fingerprint density at radius 3 is 1.90 bits per heavy atom. The molecule has 0 radical (unpaired) electrons. The van der Waals surface area contributed by atoms with Crippen molar-refractivity contribution in [3.8, 4) is 11.1 Å². The minimum absolute atomic E-state index is 0.111. The van der Waals surface area contributed by atoms with E-state index >= 15 is 0 Å². The highest BCUT2D eigenvalue weighted by Gasteiger charge is 2.38. The van der Waals surface area contributed by atoms with E-state index in [1.165, 1.54) is 9.80 Å². The van der Waals surface area contributed by atoms with Gasteiger partial charge in [0.25, 0.3) is 0 Å². The van der Waals surface area contributed by atoms with Crippen molar-refractivity contribution in [1.82, 2.24) is 15.1 Å². The summed E-state index contributed by atoms with van der Waals surface area (Å²) in [6.07, 6.45) is -0.286. The molecular weight excluding hydrogens is 522 g/mol. The molecule has 0 saturated heterocycles. The number of hydrogen-bond acceptors (Lipinski definition) is 5. The Labute approximate surface area is 242 Å². The predicted molar refractivity (Wildman–Crippen MR) is 157 cm³/mol. The van der Waals surface area contributed by atoms with Gasteiger partial charge in [0.2, 0.25) is 11.8 Å². The summed E-state index contributed by atoms with van der Waals surface area (Å²) in [6, 6.07) is 13.8. The van der Waals surface area contributed by atoms with Crippen LogP contribution in [0.3, 0.4) is 0 Å². The summed E-state index contributed by atoms with van der Waals surface area (Å²) in [7, 11) is 3.10. The third-order valence-corrected chi connectivity index (χ3v) is 8.22. The van der Waals surface area contributed by atoms with E-state index in [1.807, 2.05) is 64.1 Å². The minimum Gasteiger partial charge on any atom is -0.481 e. The average molecular weight is 566 g/mol. The van der Waals surface area contributed by atoms with Crippen LogP contribution in [-0.4, -0.2) is 77.6 Å². The molecule has 1 aliphatic carbocycles. The molecule has 3 amide bonds. The van der Waals surface area contributed by atoms with Crippen molar-refractivity contribution in [2.24, 2.45) is 11.8 Å². The first-order chi connectivity index (χ1) is 19.4. The first-order valence-corrected chi connectivity index (χ1v) is 14.3. The van der Waals surface area contributed by atoms with Crippen LogP contribution < -0.4 is 5.32 Å². The van der Waals surface area contributed by atoms with Gasteiger partial charge in [-0.15, -0.1) is 0 Å². The fourth-order valence-corrected chi connectivity index (χ4v) is 5.52. The van der Waals surface area contributed by atoms with Crippen molar-refractivity contribution in [3.05, 3.63) is 59.7 Å². The van der Waals surface area contributed by atoms with Gasteiger partial charge in [0.05, 0.1) is 6.42 Å². The number of aliphatic carboxylic acids is 1. The fraction of sp³-hybridized carbons (Fsp3) is 0.500. The molecule has 0 heterocycles. The van der Waals surface area contributed by atoms with Crippen LogP contribution in [0.4, 0.5) is 4.79 Å². The van der Waals surface area contributed by atoms with E-state index in [0.717, 1.165) is 22.3 Å². The van der Waals surface area contributed by atoms with Gasteiger partial charge in [-0.2, -0.15) is 0 Å². The number of alkyl carbamates (subject to hydrolysis) is 1. The molecule has 9 heteroatoms. The second-order valence-corrected chi connectivity index (χ2v) is 11.4. The number of carbonyl (C=O) groups excluding carboxylic acids is 3. The van der Waals surface area contributed by atoms with Crippen LogP contribution in [0.15, 0.2) is 48.5 Å². The number of nitrogens with one attached hydrogen (secondary N) is 1. The molecular formula is C32H43N3O6. The van der Waals surface area contributed by atoms with Gasteiger partial charge in [0, 0.05) is 26.1 Å². The molecule has 0 aromatic heterocycles. The SMILES string of the molecule is CC[C@H](C)[C@H](NC(=O)OCC1c2ccccc2-c2ccccc21)C(=O)N(C)[C@@H](C(=O)N(C)[C@H](C)CC(=O)O)C(C)C. The normalized spacial score (nSPS) is 15.2. The van der Waals surface area contributed by atoms with Crippen LogP contribution in [0, 0.1) is 11.8 Å². The van der Waals surface area contributed by atoms with Crippen LogP contribution in [-0.2, 0) is 19.1 Å². The quantitative estimate of drug-likeness (QED) is 0.384. The molecule has 4 atom stereocenters. The molecule has 0 saturated carbocycles. The van der Waals surface area contributed by atoms with Gasteiger partial charge in [-0.25, -0.2) is 4.79 Å². The lowest BCUT2D eigenvalue weighted by Crippen LogP contribution is -2.58. The van der Waals surface area contributed by atoms with Crippen molar-refractivity contribution in [1.29, 1.82) is 0 Å². The Morgan fingerprint density at radius 1 is 0.878 bits per heavy atom. The van der Waals surface area contributed by atoms with E-state index in [-0.39, 0.29) is 36.7 Å². The summed E-state index contributed by atoms with van der Waals surface area (Å²) in [4.78, 5) is 54.2. The Hall–Kier alpha value is -3.88. The maximum atomic E-state index is 13.8. The summed E-state index contributed by atoms with van der Waals surface area (Å²) in [6.45, 7) is 9.24. The van der Waals surface area contributed by atoms with Gasteiger partial charge in [-0.1, -0.05) is 82.6 Å². The van der Waals surface area contributed by atoms with Crippen LogP contribution in [0.1, 0.15) is 64.5 Å². The van der Waals surface area contributed by atoms with Gasteiger partial charge < -0.3 is 25.0 Å². The number of amides is 3. The van der Waals surface area contributed by atoms with E-state index in [0.29, 0.717) is 6.42 Å². The monoisotopic (exact) mass is 565 g/mol. The summed E-state index contributed by atoms with van der Waals surface area (Å²) >= 11 is 0. The number of carbonyl (C=O) groups is 4. The van der Waals surface area contributed by atoms with Crippen molar-refractivity contribution in [2.45, 2.75) is 71.5 Å². The molecule has 2 aromatic carbocycles. The maximum absolute atomic E-state index is 13.8. The number of likely N-dealkylation sites (N-methyl/N-ethyl adjacent to an activating group) is 2. The molecule has 222 valence electrons. The largest absolute Gasteiger partial charge is 0.481 e. The highest BCUT2D eigenvalue weighted by molar-refractivity contribution is 5.92. The summed E-state index contributed by atoms with van der Waals surface area (Å²) in [5, 5.41) is 11.9. The van der Waals surface area contributed by atoms with E-state index < -0.39 is 36.1 Å². The molecule has 41 heavy (non-hydrogen) atoms. The van der Waals surface area contributed by atoms with Crippen LogP contribution >= 0.6 is 0 Å². The summed E-state index contributed by atoms with van der Waals surface area (Å²) in [5.41, 5.74) is 4.43. The topological polar surface area (TPSA) is 116 Å². The highest BCUT2D eigenvalue weighted by atomic mass is 16.5. The lowest BCUT2D eigenvalue weighted by molar-refractivity contribution is -0.149. The van der Waals surface area contributed by atoms with E-state index in [1.54, 1.807) is 21.0 Å². The van der Waals surface area contributed by atoms with Gasteiger partial charge in [0.15, 0.2) is 0 Å². The molecule has 0 aliphatic heterocycles. The molecule has 0 bridgehead atoms. The fourth-order valence-electron chi connectivity index (χ4n) is 5.52. The zero-order chi connectivity index (χ0) is 30.4. The zero-order valence-electron chi connectivity index (χ0n) is 25.1. The Morgan fingerprint density at radius 2 is 1.41 bits per heavy atom. The third-order valence-electron chi connectivity index (χ3n) is 8.22. The average Bonchev–Trinajstić information content (AvgIpc) is 3.26. The highest BCUT2D eigenvalue weighted by Crippen LogP contribution is 2.44. The molecule has 1 aliphatic rings. The molecule has 9 nitrogen and oxygen atoms in total. The predicted octanol–water partition coefficient (Wildman–Crippen LogP) is 4.74. The maximum Gasteiger partial charge on any atom is 0.407 e. The van der Waals surface area contributed by atoms with Crippen molar-refractivity contribution >= 4 is 23.9 Å². The lowest BCUT2D eigenvalue weighted by atomic mass is 9.95. The number of fused-ring (bicyclic) bond motifs is 3. The second-order valence-electron chi connectivity index (χ2n) is 11.4. The van der Waals surface area contributed by atoms with E-state index in [9.17, 15) is 19.2 Å². The summed E-state index contributed by atoms with van der Waals surface area (Å²) in [5.74, 6) is -2.35. The van der Waals surface area contributed by atoms with Crippen LogP contribution in [0.5, 0.6) is 0 Å². The van der Waals surface area contributed by atoms with Crippen LogP contribution in [0.2, 0.25) is 0 Å². The molecule has 3 rings (SSSR count). The van der Waals surface area contributed by atoms with E-state index in [4.69, 9.17) is 9.84 Å². The van der Waals surface area contributed by atoms with Crippen molar-refractivity contribution in [3.63, 3.8) is 0 Å². The minimum atomic E-state index is -1.01. The number of benzene rings is 2. The van der Waals surface area contributed by atoms with Crippen molar-refractivity contribution < 1.29 is 29.0 Å². The van der Waals surface area contributed by atoms with Crippen molar-refractivity contribution in [2.75, 3.05) is 20.7 Å². The summed E-state index contributed by atoms with van der Waals surface area (Å²) < 4.78 is 5.71. The molecule has 0 spiro atoms. The third kappa shape index (κ3) is 7.07. The first kappa shape index (κ1) is 31.6.